The number of rotatable bonds is 8. The van der Waals surface area contributed by atoms with Crippen LogP contribution in [0.1, 0.15) is 32.6 Å². The second kappa shape index (κ2) is 7.62. The van der Waals surface area contributed by atoms with E-state index in [0.29, 0.717) is 0 Å². The summed E-state index contributed by atoms with van der Waals surface area (Å²) in [5.74, 6) is 0.872. The summed E-state index contributed by atoms with van der Waals surface area (Å²) in [5, 5.41) is 0. The molecule has 0 spiro atoms. The lowest BCUT2D eigenvalue weighted by Crippen LogP contribution is -2.11. The Bertz CT molecular complexity index is 107. The Kier molecular flexibility index (Phi) is 7.75. The van der Waals surface area contributed by atoms with Crippen LogP contribution in [0.3, 0.4) is 0 Å². The number of hydrogen-bond acceptors (Lipinski definition) is 3. The van der Waals surface area contributed by atoms with Gasteiger partial charge in [-0.1, -0.05) is 26.2 Å². The SMILES string of the molecule is CCCCCCS(OC)(OC)OC. The highest BCUT2D eigenvalue weighted by Crippen LogP contribution is 2.49. The van der Waals surface area contributed by atoms with E-state index in [2.05, 4.69) is 6.92 Å². The van der Waals surface area contributed by atoms with E-state index in [1.54, 1.807) is 21.3 Å². The smallest absolute Gasteiger partial charge is 0.0879 e. The summed E-state index contributed by atoms with van der Waals surface area (Å²) >= 11 is 0. The molecule has 0 amide bonds. The van der Waals surface area contributed by atoms with E-state index in [1.165, 1.54) is 19.3 Å². The van der Waals surface area contributed by atoms with Gasteiger partial charge in [-0.3, -0.25) is 12.5 Å². The lowest BCUT2D eigenvalue weighted by Gasteiger charge is -2.33. The van der Waals surface area contributed by atoms with Gasteiger partial charge in [-0.2, -0.15) is 0 Å². The van der Waals surface area contributed by atoms with Crippen molar-refractivity contribution >= 4 is 10.9 Å². The lowest BCUT2D eigenvalue weighted by atomic mass is 10.2. The molecule has 0 rings (SSSR count). The first kappa shape index (κ1) is 13.2. The first-order chi connectivity index (χ1) is 6.24. The average Bonchev–Trinajstić information content (AvgIpc) is 2.20. The fourth-order valence-electron chi connectivity index (χ4n) is 1.16. The van der Waals surface area contributed by atoms with E-state index in [4.69, 9.17) is 12.5 Å². The molecule has 0 saturated carbocycles. The van der Waals surface area contributed by atoms with Crippen LogP contribution in [-0.2, 0) is 12.5 Å². The van der Waals surface area contributed by atoms with Crippen molar-refractivity contribution in [3.05, 3.63) is 0 Å². The van der Waals surface area contributed by atoms with Gasteiger partial charge in [0, 0.05) is 5.75 Å². The minimum atomic E-state index is -1.69. The summed E-state index contributed by atoms with van der Waals surface area (Å²) in [6, 6.07) is 0. The third kappa shape index (κ3) is 4.86. The van der Waals surface area contributed by atoms with Gasteiger partial charge in [0.15, 0.2) is 0 Å². The second-order valence-electron chi connectivity index (χ2n) is 2.82. The molecule has 0 radical (unpaired) electrons. The quantitative estimate of drug-likeness (QED) is 0.576. The van der Waals surface area contributed by atoms with Crippen molar-refractivity contribution in [2.45, 2.75) is 32.6 Å². The molecule has 0 bridgehead atoms. The van der Waals surface area contributed by atoms with Crippen molar-refractivity contribution in [2.75, 3.05) is 27.1 Å². The van der Waals surface area contributed by atoms with Crippen molar-refractivity contribution < 1.29 is 12.5 Å². The highest BCUT2D eigenvalue weighted by Gasteiger charge is 2.21. The highest BCUT2D eigenvalue weighted by molar-refractivity contribution is 8.21. The Labute approximate surface area is 83.7 Å². The fourth-order valence-corrected chi connectivity index (χ4v) is 2.63. The largest absolute Gasteiger partial charge is 0.296 e. The van der Waals surface area contributed by atoms with E-state index in [1.807, 2.05) is 0 Å². The maximum absolute atomic E-state index is 5.26. The van der Waals surface area contributed by atoms with Crippen molar-refractivity contribution in [3.63, 3.8) is 0 Å². The topological polar surface area (TPSA) is 27.7 Å². The normalized spacial score (nSPS) is 13.2. The van der Waals surface area contributed by atoms with Crippen molar-refractivity contribution in [1.29, 1.82) is 0 Å². The molecule has 0 aliphatic carbocycles. The first-order valence-electron chi connectivity index (χ1n) is 4.72. The lowest BCUT2D eigenvalue weighted by molar-refractivity contribution is 0.247. The predicted molar refractivity (Wildman–Crippen MR) is 57.6 cm³/mol. The van der Waals surface area contributed by atoms with Gasteiger partial charge in [-0.15, -0.1) is 0 Å². The molecule has 4 heteroatoms. The van der Waals surface area contributed by atoms with Crippen LogP contribution in [0.2, 0.25) is 0 Å². The maximum atomic E-state index is 5.26. The molecule has 0 aliphatic heterocycles. The van der Waals surface area contributed by atoms with Crippen LogP contribution >= 0.6 is 10.9 Å². The summed E-state index contributed by atoms with van der Waals surface area (Å²) in [5.41, 5.74) is 0. The van der Waals surface area contributed by atoms with E-state index >= 15 is 0 Å². The molecular formula is C9H22O3S. The van der Waals surface area contributed by atoms with Gasteiger partial charge in [0.05, 0.1) is 32.2 Å². The zero-order chi connectivity index (χ0) is 10.2. The molecule has 0 aromatic carbocycles. The van der Waals surface area contributed by atoms with Crippen LogP contribution < -0.4 is 0 Å². The Balaban J connectivity index is 3.68. The Morgan fingerprint density at radius 1 is 0.846 bits per heavy atom. The summed E-state index contributed by atoms with van der Waals surface area (Å²) < 4.78 is 15.8. The summed E-state index contributed by atoms with van der Waals surface area (Å²) in [7, 11) is 3.23. The number of unbranched alkanes of at least 4 members (excludes halogenated alkanes) is 3. The Morgan fingerprint density at radius 3 is 1.77 bits per heavy atom. The van der Waals surface area contributed by atoms with E-state index in [0.717, 1.165) is 12.2 Å². The molecule has 13 heavy (non-hydrogen) atoms. The van der Waals surface area contributed by atoms with Gasteiger partial charge >= 0.3 is 0 Å². The van der Waals surface area contributed by atoms with E-state index in [-0.39, 0.29) is 0 Å². The molecular weight excluding hydrogens is 188 g/mol. The number of hydrogen-bond donors (Lipinski definition) is 0. The standard InChI is InChI=1S/C9H22O3S/c1-5-6-7-8-9-13(10-2,11-3)12-4/h5-9H2,1-4H3. The summed E-state index contributed by atoms with van der Waals surface area (Å²) in [4.78, 5) is 0. The van der Waals surface area contributed by atoms with Crippen LogP contribution in [0, 0.1) is 0 Å². The monoisotopic (exact) mass is 210 g/mol. The van der Waals surface area contributed by atoms with Gasteiger partial charge in [0.2, 0.25) is 0 Å². The van der Waals surface area contributed by atoms with Crippen LogP contribution in [0.15, 0.2) is 0 Å². The van der Waals surface area contributed by atoms with E-state index < -0.39 is 10.9 Å². The third-order valence-electron chi connectivity index (χ3n) is 2.01. The molecule has 0 saturated heterocycles. The van der Waals surface area contributed by atoms with Crippen molar-refractivity contribution in [2.24, 2.45) is 0 Å². The summed E-state index contributed by atoms with van der Waals surface area (Å²) in [6.07, 6.45) is 4.85. The minimum Gasteiger partial charge on any atom is -0.296 e. The van der Waals surface area contributed by atoms with Gasteiger partial charge in [0.1, 0.15) is 0 Å². The third-order valence-corrected chi connectivity index (χ3v) is 4.32. The maximum Gasteiger partial charge on any atom is 0.0879 e. The van der Waals surface area contributed by atoms with Crippen molar-refractivity contribution in [3.8, 4) is 0 Å². The molecule has 0 unspecified atom stereocenters. The molecule has 0 N–H and O–H groups in total. The second-order valence-corrected chi connectivity index (χ2v) is 5.35. The zero-order valence-electron chi connectivity index (χ0n) is 9.17. The summed E-state index contributed by atoms with van der Waals surface area (Å²) in [6.45, 7) is 2.20. The van der Waals surface area contributed by atoms with Crippen LogP contribution in [0.5, 0.6) is 0 Å². The van der Waals surface area contributed by atoms with Crippen LogP contribution in [-0.4, -0.2) is 27.1 Å². The molecule has 0 aromatic rings. The Morgan fingerprint density at radius 2 is 1.38 bits per heavy atom. The molecule has 0 fully saturated rings. The predicted octanol–water partition coefficient (Wildman–Crippen LogP) is 3.06. The van der Waals surface area contributed by atoms with E-state index in [9.17, 15) is 0 Å². The molecule has 82 valence electrons. The Hall–Kier alpha value is 0.230. The molecule has 0 atom stereocenters. The zero-order valence-corrected chi connectivity index (χ0v) is 9.99. The molecule has 0 heterocycles. The molecule has 3 nitrogen and oxygen atoms in total. The first-order valence-corrected chi connectivity index (χ1v) is 6.30. The van der Waals surface area contributed by atoms with Crippen molar-refractivity contribution in [1.82, 2.24) is 0 Å². The van der Waals surface area contributed by atoms with Crippen LogP contribution in [0.25, 0.3) is 0 Å². The van der Waals surface area contributed by atoms with Crippen LogP contribution in [0.4, 0.5) is 0 Å². The van der Waals surface area contributed by atoms with Gasteiger partial charge in [0.25, 0.3) is 0 Å². The fraction of sp³-hybridized carbons (Fsp3) is 1.00. The molecule has 0 aromatic heterocycles. The van der Waals surface area contributed by atoms with Gasteiger partial charge in [-0.05, 0) is 6.42 Å². The van der Waals surface area contributed by atoms with Gasteiger partial charge in [-0.25, -0.2) is 0 Å². The molecule has 0 aliphatic rings. The van der Waals surface area contributed by atoms with Gasteiger partial charge < -0.3 is 0 Å². The highest BCUT2D eigenvalue weighted by atomic mass is 32.3. The minimum absolute atomic E-state index is 0.872. The average molecular weight is 210 g/mol.